The lowest BCUT2D eigenvalue weighted by Crippen LogP contribution is -2.26. The first kappa shape index (κ1) is 13.7. The van der Waals surface area contributed by atoms with E-state index in [0.717, 1.165) is 5.01 Å². The van der Waals surface area contributed by atoms with Crippen LogP contribution in [0.4, 0.5) is 5.82 Å². The summed E-state index contributed by atoms with van der Waals surface area (Å²) in [6, 6.07) is 0.132. The second-order valence-corrected chi connectivity index (χ2v) is 5.66. The minimum atomic E-state index is -0.0798. The monoisotopic (exact) mass is 278 g/mol. The first-order chi connectivity index (χ1) is 9.09. The SMILES string of the molecule is CC(CNc1nccn(C(C)C)c1=O)c1nccs1. The van der Waals surface area contributed by atoms with Gasteiger partial charge in [0.05, 0.1) is 5.01 Å². The van der Waals surface area contributed by atoms with Crippen LogP contribution in [0.1, 0.15) is 37.7 Å². The number of aromatic nitrogens is 3. The average molecular weight is 278 g/mol. The Balaban J connectivity index is 2.08. The van der Waals surface area contributed by atoms with Gasteiger partial charge >= 0.3 is 0 Å². The fourth-order valence-corrected chi connectivity index (χ4v) is 2.47. The normalized spacial score (nSPS) is 12.6. The molecule has 102 valence electrons. The van der Waals surface area contributed by atoms with Gasteiger partial charge in [-0.1, -0.05) is 6.92 Å². The second-order valence-electron chi connectivity index (χ2n) is 4.73. The molecule has 0 aliphatic heterocycles. The fourth-order valence-electron chi connectivity index (χ4n) is 1.77. The van der Waals surface area contributed by atoms with Crippen LogP contribution in [0.2, 0.25) is 0 Å². The van der Waals surface area contributed by atoms with Gasteiger partial charge in [0.2, 0.25) is 0 Å². The van der Waals surface area contributed by atoms with Crippen molar-refractivity contribution in [1.29, 1.82) is 0 Å². The lowest BCUT2D eigenvalue weighted by molar-refractivity contribution is 0.575. The first-order valence-corrected chi connectivity index (χ1v) is 7.18. The highest BCUT2D eigenvalue weighted by molar-refractivity contribution is 7.09. The molecule has 2 aromatic rings. The number of hydrogen-bond acceptors (Lipinski definition) is 5. The molecule has 0 bridgehead atoms. The molecule has 0 amide bonds. The molecule has 1 atom stereocenters. The van der Waals surface area contributed by atoms with Gasteiger partial charge in [0.25, 0.3) is 5.56 Å². The van der Waals surface area contributed by atoms with Crippen molar-refractivity contribution in [3.05, 3.63) is 39.3 Å². The summed E-state index contributed by atoms with van der Waals surface area (Å²) in [4.78, 5) is 20.5. The number of anilines is 1. The minimum Gasteiger partial charge on any atom is -0.365 e. The Labute approximate surface area is 116 Å². The number of hydrogen-bond donors (Lipinski definition) is 1. The number of nitrogens with one attached hydrogen (secondary N) is 1. The van der Waals surface area contributed by atoms with Gasteiger partial charge in [-0.2, -0.15) is 0 Å². The van der Waals surface area contributed by atoms with Gasteiger partial charge < -0.3 is 9.88 Å². The molecule has 19 heavy (non-hydrogen) atoms. The third-order valence-corrected chi connectivity index (χ3v) is 3.88. The lowest BCUT2D eigenvalue weighted by atomic mass is 10.2. The zero-order valence-corrected chi connectivity index (χ0v) is 12.1. The molecule has 2 heterocycles. The summed E-state index contributed by atoms with van der Waals surface area (Å²) >= 11 is 1.62. The molecule has 0 saturated heterocycles. The minimum absolute atomic E-state index is 0.0798. The maximum absolute atomic E-state index is 12.1. The largest absolute Gasteiger partial charge is 0.365 e. The molecule has 0 radical (unpaired) electrons. The molecule has 0 fully saturated rings. The summed E-state index contributed by atoms with van der Waals surface area (Å²) in [5, 5.41) is 6.14. The van der Waals surface area contributed by atoms with E-state index in [1.807, 2.05) is 19.2 Å². The Morgan fingerprint density at radius 3 is 2.74 bits per heavy atom. The van der Waals surface area contributed by atoms with Crippen LogP contribution in [0.15, 0.2) is 28.8 Å². The van der Waals surface area contributed by atoms with Crippen molar-refractivity contribution in [3.8, 4) is 0 Å². The second kappa shape index (κ2) is 5.97. The number of rotatable bonds is 5. The molecule has 1 unspecified atom stereocenters. The summed E-state index contributed by atoms with van der Waals surface area (Å²) in [5.74, 6) is 0.661. The Morgan fingerprint density at radius 2 is 2.11 bits per heavy atom. The van der Waals surface area contributed by atoms with Crippen molar-refractivity contribution in [2.24, 2.45) is 0 Å². The molecule has 0 aliphatic carbocycles. The summed E-state index contributed by atoms with van der Waals surface area (Å²) in [5.41, 5.74) is -0.0798. The van der Waals surface area contributed by atoms with E-state index >= 15 is 0 Å². The average Bonchev–Trinajstić information content (AvgIpc) is 2.90. The van der Waals surface area contributed by atoms with Gasteiger partial charge in [-0.25, -0.2) is 9.97 Å². The molecule has 0 spiro atoms. The summed E-state index contributed by atoms with van der Waals surface area (Å²) in [7, 11) is 0. The van der Waals surface area contributed by atoms with Crippen molar-refractivity contribution in [2.75, 3.05) is 11.9 Å². The van der Waals surface area contributed by atoms with Crippen molar-refractivity contribution in [3.63, 3.8) is 0 Å². The highest BCUT2D eigenvalue weighted by Crippen LogP contribution is 2.17. The molecular weight excluding hydrogens is 260 g/mol. The van der Waals surface area contributed by atoms with E-state index in [4.69, 9.17) is 0 Å². The van der Waals surface area contributed by atoms with E-state index in [1.54, 1.807) is 34.5 Å². The maximum atomic E-state index is 12.1. The fraction of sp³-hybridized carbons (Fsp3) is 0.462. The van der Waals surface area contributed by atoms with Crippen LogP contribution in [0.25, 0.3) is 0 Å². The molecule has 2 aromatic heterocycles. The maximum Gasteiger partial charge on any atom is 0.293 e. The number of thiazole rings is 1. The molecule has 6 heteroatoms. The molecule has 0 aromatic carbocycles. The molecule has 1 N–H and O–H groups in total. The van der Waals surface area contributed by atoms with E-state index in [9.17, 15) is 4.79 Å². The number of nitrogens with zero attached hydrogens (tertiary/aromatic N) is 3. The van der Waals surface area contributed by atoms with Crippen LogP contribution in [0, 0.1) is 0 Å². The van der Waals surface area contributed by atoms with Crippen molar-refractivity contribution in [2.45, 2.75) is 32.7 Å². The Bertz CT molecular complexity index is 577. The van der Waals surface area contributed by atoms with Crippen LogP contribution < -0.4 is 10.9 Å². The van der Waals surface area contributed by atoms with E-state index in [1.165, 1.54) is 0 Å². The molecule has 2 rings (SSSR count). The van der Waals surface area contributed by atoms with Crippen molar-refractivity contribution < 1.29 is 0 Å². The zero-order valence-electron chi connectivity index (χ0n) is 11.3. The zero-order chi connectivity index (χ0) is 13.8. The summed E-state index contributed by atoms with van der Waals surface area (Å²) in [6.45, 7) is 6.68. The topological polar surface area (TPSA) is 59.8 Å². The summed E-state index contributed by atoms with van der Waals surface area (Å²) < 4.78 is 1.67. The van der Waals surface area contributed by atoms with Crippen molar-refractivity contribution >= 4 is 17.2 Å². The van der Waals surface area contributed by atoms with Crippen LogP contribution in [-0.4, -0.2) is 21.1 Å². The molecule has 0 saturated carbocycles. The predicted molar refractivity (Wildman–Crippen MR) is 77.9 cm³/mol. The van der Waals surface area contributed by atoms with Gasteiger partial charge in [-0.05, 0) is 13.8 Å². The molecular formula is C13H18N4OS. The van der Waals surface area contributed by atoms with Gasteiger partial charge in [-0.15, -0.1) is 11.3 Å². The Kier molecular flexibility index (Phi) is 4.31. The van der Waals surface area contributed by atoms with Gasteiger partial charge in [-0.3, -0.25) is 4.79 Å². The standard InChI is InChI=1S/C13H18N4OS/c1-9(2)17-6-4-14-11(13(17)18)16-8-10(3)12-15-5-7-19-12/h4-7,9-10H,8H2,1-3H3,(H,14,16). The lowest BCUT2D eigenvalue weighted by Gasteiger charge is -2.13. The summed E-state index contributed by atoms with van der Waals surface area (Å²) in [6.07, 6.45) is 5.16. The Hall–Kier alpha value is -1.69. The van der Waals surface area contributed by atoms with Gasteiger partial charge in [0.1, 0.15) is 0 Å². The first-order valence-electron chi connectivity index (χ1n) is 6.30. The Morgan fingerprint density at radius 1 is 1.32 bits per heavy atom. The highest BCUT2D eigenvalue weighted by Gasteiger charge is 2.11. The van der Waals surface area contributed by atoms with E-state index in [2.05, 4.69) is 22.2 Å². The predicted octanol–water partition coefficient (Wildman–Crippen LogP) is 2.50. The molecule has 0 aliphatic rings. The van der Waals surface area contributed by atoms with Gasteiger partial charge in [0, 0.05) is 42.5 Å². The van der Waals surface area contributed by atoms with Crippen LogP contribution in [-0.2, 0) is 0 Å². The van der Waals surface area contributed by atoms with Crippen molar-refractivity contribution in [1.82, 2.24) is 14.5 Å². The highest BCUT2D eigenvalue weighted by atomic mass is 32.1. The smallest absolute Gasteiger partial charge is 0.293 e. The quantitative estimate of drug-likeness (QED) is 0.913. The third-order valence-electron chi connectivity index (χ3n) is 2.87. The van der Waals surface area contributed by atoms with Crippen LogP contribution in [0.5, 0.6) is 0 Å². The van der Waals surface area contributed by atoms with E-state index in [-0.39, 0.29) is 17.5 Å². The van der Waals surface area contributed by atoms with E-state index < -0.39 is 0 Å². The molecule has 5 nitrogen and oxygen atoms in total. The third kappa shape index (κ3) is 3.20. The van der Waals surface area contributed by atoms with Gasteiger partial charge in [0.15, 0.2) is 5.82 Å². The van der Waals surface area contributed by atoms with E-state index in [0.29, 0.717) is 12.4 Å². The van der Waals surface area contributed by atoms with Crippen LogP contribution >= 0.6 is 11.3 Å². The van der Waals surface area contributed by atoms with Crippen LogP contribution in [0.3, 0.4) is 0 Å².